The van der Waals surface area contributed by atoms with Crippen molar-refractivity contribution in [2.24, 2.45) is 0 Å². The number of carbonyl (C=O) groups is 1. The van der Waals surface area contributed by atoms with Crippen molar-refractivity contribution in [2.75, 3.05) is 31.6 Å². The molecule has 3 rings (SSSR count). The molecule has 1 fully saturated rings. The third kappa shape index (κ3) is 7.08. The van der Waals surface area contributed by atoms with Gasteiger partial charge in [-0.3, -0.25) is 4.90 Å². The summed E-state index contributed by atoms with van der Waals surface area (Å²) in [4.78, 5) is 16.7. The summed E-state index contributed by atoms with van der Waals surface area (Å²) in [7, 11) is 2.02. The highest BCUT2D eigenvalue weighted by atomic mass is 16.6. The van der Waals surface area contributed by atoms with Crippen LogP contribution in [-0.4, -0.2) is 53.9 Å². The van der Waals surface area contributed by atoms with Crippen LogP contribution in [0.25, 0.3) is 0 Å². The molecule has 168 valence electrons. The lowest BCUT2D eigenvalue weighted by atomic mass is 9.88. The predicted octanol–water partition coefficient (Wildman–Crippen LogP) is 4.50. The number of likely N-dealkylation sites (tertiary alicyclic amines) is 1. The van der Waals surface area contributed by atoms with E-state index in [2.05, 4.69) is 34.1 Å². The fourth-order valence-electron chi connectivity index (χ4n) is 3.91. The number of benzene rings is 2. The van der Waals surface area contributed by atoms with Crippen LogP contribution in [0.3, 0.4) is 0 Å². The first kappa shape index (κ1) is 23.3. The molecule has 0 radical (unpaired) electrons. The molecule has 0 amide bonds. The summed E-state index contributed by atoms with van der Waals surface area (Å²) >= 11 is 0. The van der Waals surface area contributed by atoms with Gasteiger partial charge in [-0.1, -0.05) is 30.3 Å². The molecule has 1 aliphatic rings. The molecule has 0 unspecified atom stereocenters. The van der Waals surface area contributed by atoms with Crippen LogP contribution < -0.4 is 4.90 Å². The summed E-state index contributed by atoms with van der Waals surface area (Å²) < 4.78 is 5.42. The van der Waals surface area contributed by atoms with Crippen molar-refractivity contribution in [1.82, 2.24) is 4.90 Å². The van der Waals surface area contributed by atoms with E-state index in [4.69, 9.17) is 4.74 Å². The summed E-state index contributed by atoms with van der Waals surface area (Å²) in [5, 5.41) is 11.1. The number of ether oxygens (including phenoxy) is 1. The third-order valence-corrected chi connectivity index (χ3v) is 5.89. The Balaban J connectivity index is 1.47. The van der Waals surface area contributed by atoms with E-state index < -0.39 is 11.2 Å². The van der Waals surface area contributed by atoms with Gasteiger partial charge in [0.2, 0.25) is 0 Å². The molecule has 0 aliphatic carbocycles. The molecular formula is C26H36N2O3. The number of nitrogens with zero attached hydrogens (tertiary/aromatic N) is 2. The van der Waals surface area contributed by atoms with E-state index in [-0.39, 0.29) is 5.97 Å². The minimum Gasteiger partial charge on any atom is -0.456 e. The molecule has 1 aliphatic heterocycles. The zero-order valence-corrected chi connectivity index (χ0v) is 19.3. The maximum Gasteiger partial charge on any atom is 0.338 e. The number of esters is 1. The largest absolute Gasteiger partial charge is 0.456 e. The van der Waals surface area contributed by atoms with Gasteiger partial charge in [0, 0.05) is 38.9 Å². The highest BCUT2D eigenvalue weighted by molar-refractivity contribution is 5.90. The van der Waals surface area contributed by atoms with Gasteiger partial charge in [0.15, 0.2) is 0 Å². The average Bonchev–Trinajstić information content (AvgIpc) is 2.74. The highest BCUT2D eigenvalue weighted by Crippen LogP contribution is 2.27. The standard InChI is InChI=1S/C26H36N2O3/c1-25(2,3)31-24(29)22-10-12-23(13-11-22)27(4)17-14-26(30)15-18-28(19-16-26)20-21-8-6-5-7-9-21/h5-13,30H,14-20H2,1-4H3. The molecule has 1 N–H and O–H groups in total. The van der Waals surface area contributed by atoms with Crippen molar-refractivity contribution in [2.45, 2.75) is 57.8 Å². The summed E-state index contributed by atoms with van der Waals surface area (Å²) in [6.07, 6.45) is 2.33. The molecule has 5 nitrogen and oxygen atoms in total. The Labute approximate surface area is 186 Å². The summed E-state index contributed by atoms with van der Waals surface area (Å²) in [6.45, 7) is 9.14. The molecule has 1 saturated heterocycles. The summed E-state index contributed by atoms with van der Waals surface area (Å²) in [5.74, 6) is -0.307. The Morgan fingerprint density at radius 1 is 1.06 bits per heavy atom. The van der Waals surface area contributed by atoms with Crippen LogP contribution in [0.2, 0.25) is 0 Å². The van der Waals surface area contributed by atoms with E-state index in [0.29, 0.717) is 5.56 Å². The smallest absolute Gasteiger partial charge is 0.338 e. The van der Waals surface area contributed by atoms with Crippen LogP contribution in [0.5, 0.6) is 0 Å². The normalized spacial score (nSPS) is 16.7. The monoisotopic (exact) mass is 424 g/mol. The van der Waals surface area contributed by atoms with E-state index in [1.807, 2.05) is 46.0 Å². The zero-order valence-electron chi connectivity index (χ0n) is 19.3. The molecule has 31 heavy (non-hydrogen) atoms. The summed E-state index contributed by atoms with van der Waals surface area (Å²) in [5.41, 5.74) is 1.78. The molecule has 2 aromatic rings. The van der Waals surface area contributed by atoms with Gasteiger partial charge in [-0.05, 0) is 69.9 Å². The average molecular weight is 425 g/mol. The van der Waals surface area contributed by atoms with Crippen molar-refractivity contribution in [1.29, 1.82) is 0 Å². The third-order valence-electron chi connectivity index (χ3n) is 5.89. The number of carbonyl (C=O) groups excluding carboxylic acids is 1. The van der Waals surface area contributed by atoms with Gasteiger partial charge in [-0.15, -0.1) is 0 Å². The number of rotatable bonds is 7. The van der Waals surface area contributed by atoms with Crippen LogP contribution in [0.15, 0.2) is 54.6 Å². The summed E-state index contributed by atoms with van der Waals surface area (Å²) in [6, 6.07) is 18.0. The maximum absolute atomic E-state index is 12.2. The lowest BCUT2D eigenvalue weighted by molar-refractivity contribution is -0.0275. The van der Waals surface area contributed by atoms with Gasteiger partial charge in [0.25, 0.3) is 0 Å². The van der Waals surface area contributed by atoms with Gasteiger partial charge in [-0.25, -0.2) is 4.79 Å². The first-order valence-electron chi connectivity index (χ1n) is 11.2. The van der Waals surface area contributed by atoms with Crippen LogP contribution in [0, 0.1) is 0 Å². The molecule has 2 aromatic carbocycles. The Kier molecular flexibility index (Phi) is 7.39. The second kappa shape index (κ2) is 9.84. The molecule has 0 bridgehead atoms. The van der Waals surface area contributed by atoms with E-state index in [0.717, 1.165) is 51.1 Å². The quantitative estimate of drug-likeness (QED) is 0.664. The Hall–Kier alpha value is -2.37. The number of hydrogen-bond acceptors (Lipinski definition) is 5. The molecule has 0 saturated carbocycles. The van der Waals surface area contributed by atoms with Crippen LogP contribution in [0.4, 0.5) is 5.69 Å². The Morgan fingerprint density at radius 3 is 2.26 bits per heavy atom. The minimum absolute atomic E-state index is 0.307. The topological polar surface area (TPSA) is 53.0 Å². The molecule has 1 heterocycles. The van der Waals surface area contributed by atoms with Crippen LogP contribution in [-0.2, 0) is 11.3 Å². The zero-order chi connectivity index (χ0) is 22.5. The Bertz CT molecular complexity index is 835. The molecule has 0 atom stereocenters. The Morgan fingerprint density at radius 2 is 1.68 bits per heavy atom. The van der Waals surface area contributed by atoms with Gasteiger partial charge in [-0.2, -0.15) is 0 Å². The van der Waals surface area contributed by atoms with Gasteiger partial charge >= 0.3 is 5.97 Å². The molecular weight excluding hydrogens is 388 g/mol. The molecule has 0 aromatic heterocycles. The molecule has 5 heteroatoms. The second-order valence-corrected chi connectivity index (χ2v) is 9.71. The fraction of sp³-hybridized carbons (Fsp3) is 0.500. The van der Waals surface area contributed by atoms with E-state index in [1.54, 1.807) is 12.1 Å². The lowest BCUT2D eigenvalue weighted by Crippen LogP contribution is -2.45. The van der Waals surface area contributed by atoms with Crippen molar-refractivity contribution in [3.8, 4) is 0 Å². The number of anilines is 1. The number of hydrogen-bond donors (Lipinski definition) is 1. The van der Waals surface area contributed by atoms with E-state index in [9.17, 15) is 9.90 Å². The van der Waals surface area contributed by atoms with Crippen molar-refractivity contribution in [3.05, 3.63) is 65.7 Å². The van der Waals surface area contributed by atoms with Gasteiger partial charge in [0.1, 0.15) is 5.60 Å². The fourth-order valence-corrected chi connectivity index (χ4v) is 3.91. The van der Waals surface area contributed by atoms with E-state index >= 15 is 0 Å². The second-order valence-electron chi connectivity index (χ2n) is 9.71. The first-order chi connectivity index (χ1) is 14.6. The minimum atomic E-state index is -0.613. The van der Waals surface area contributed by atoms with Crippen molar-refractivity contribution in [3.63, 3.8) is 0 Å². The first-order valence-corrected chi connectivity index (χ1v) is 11.2. The maximum atomic E-state index is 12.2. The highest BCUT2D eigenvalue weighted by Gasteiger charge is 2.32. The molecule has 0 spiro atoms. The number of aliphatic hydroxyl groups is 1. The SMILES string of the molecule is CN(CCC1(O)CCN(Cc2ccccc2)CC1)c1ccc(C(=O)OC(C)(C)C)cc1. The van der Waals surface area contributed by atoms with Crippen LogP contribution >= 0.6 is 0 Å². The predicted molar refractivity (Wildman–Crippen MR) is 125 cm³/mol. The van der Waals surface area contributed by atoms with Crippen LogP contribution in [0.1, 0.15) is 56.0 Å². The van der Waals surface area contributed by atoms with E-state index in [1.165, 1.54) is 5.56 Å². The number of piperidine rings is 1. The lowest BCUT2D eigenvalue weighted by Gasteiger charge is -2.39. The van der Waals surface area contributed by atoms with Gasteiger partial charge in [0.05, 0.1) is 11.2 Å². The van der Waals surface area contributed by atoms with Crippen molar-refractivity contribution >= 4 is 11.7 Å². The van der Waals surface area contributed by atoms with Gasteiger partial charge < -0.3 is 14.7 Å². The van der Waals surface area contributed by atoms with Crippen molar-refractivity contribution < 1.29 is 14.6 Å².